The van der Waals surface area contributed by atoms with Gasteiger partial charge in [-0.3, -0.25) is 4.79 Å². The Labute approximate surface area is 133 Å². The van der Waals surface area contributed by atoms with Crippen LogP contribution in [0.5, 0.6) is 5.75 Å². The number of benzene rings is 2. The highest BCUT2D eigenvalue weighted by Crippen LogP contribution is 2.26. The van der Waals surface area contributed by atoms with Crippen molar-refractivity contribution in [2.75, 3.05) is 0 Å². The molecule has 2 atom stereocenters. The number of aromatic hydroxyl groups is 1. The Bertz CT molecular complexity index is 710. The van der Waals surface area contributed by atoms with Gasteiger partial charge in [-0.15, -0.1) is 0 Å². The molecule has 2 N–H and O–H groups in total. The molecule has 0 bridgehead atoms. The molecule has 5 heteroatoms. The van der Waals surface area contributed by atoms with E-state index < -0.39 is 18.0 Å². The van der Waals surface area contributed by atoms with Crippen molar-refractivity contribution in [2.24, 2.45) is 11.1 Å². The summed E-state index contributed by atoms with van der Waals surface area (Å²) in [6.07, 6.45) is 0.352. The van der Waals surface area contributed by atoms with Crippen molar-refractivity contribution in [3.63, 3.8) is 0 Å². The van der Waals surface area contributed by atoms with E-state index in [4.69, 9.17) is 4.84 Å². The van der Waals surface area contributed by atoms with Crippen LogP contribution in [0, 0.1) is 5.92 Å². The van der Waals surface area contributed by atoms with Gasteiger partial charge in [0.15, 0.2) is 0 Å². The minimum absolute atomic E-state index is 0.178. The number of carbonyl (C=O) groups is 1. The van der Waals surface area contributed by atoms with Crippen LogP contribution < -0.4 is 0 Å². The van der Waals surface area contributed by atoms with Crippen LogP contribution in [0.25, 0.3) is 0 Å². The summed E-state index contributed by atoms with van der Waals surface area (Å²) in [4.78, 5) is 17.0. The van der Waals surface area contributed by atoms with Crippen molar-refractivity contribution in [2.45, 2.75) is 18.9 Å². The molecule has 0 aliphatic carbocycles. The fourth-order valence-electron chi connectivity index (χ4n) is 2.68. The van der Waals surface area contributed by atoms with E-state index in [1.54, 1.807) is 24.3 Å². The number of rotatable bonds is 5. The maximum Gasteiger partial charge on any atom is 0.310 e. The first-order valence-corrected chi connectivity index (χ1v) is 7.42. The fourth-order valence-corrected chi connectivity index (χ4v) is 2.68. The average molecular weight is 311 g/mol. The SMILES string of the molecule is O=C(O)C(Cc1ccccc1)C1CC(c2ccc(O)cc2)=NO1. The van der Waals surface area contributed by atoms with Gasteiger partial charge in [-0.05, 0) is 41.8 Å². The normalized spacial score (nSPS) is 18.1. The third-order valence-corrected chi connectivity index (χ3v) is 3.96. The van der Waals surface area contributed by atoms with E-state index in [2.05, 4.69) is 5.16 Å². The highest BCUT2D eigenvalue weighted by Gasteiger charge is 2.35. The number of hydrogen-bond acceptors (Lipinski definition) is 4. The Morgan fingerprint density at radius 1 is 1.17 bits per heavy atom. The molecule has 23 heavy (non-hydrogen) atoms. The van der Waals surface area contributed by atoms with Gasteiger partial charge in [0.2, 0.25) is 0 Å². The summed E-state index contributed by atoms with van der Waals surface area (Å²) in [5.74, 6) is -1.37. The number of nitrogens with zero attached hydrogens (tertiary/aromatic N) is 1. The zero-order valence-corrected chi connectivity index (χ0v) is 12.4. The fraction of sp³-hybridized carbons (Fsp3) is 0.222. The largest absolute Gasteiger partial charge is 0.508 e. The second-order valence-electron chi connectivity index (χ2n) is 5.57. The van der Waals surface area contributed by atoms with Crippen LogP contribution in [-0.4, -0.2) is 28.0 Å². The van der Waals surface area contributed by atoms with Gasteiger partial charge in [0.25, 0.3) is 0 Å². The van der Waals surface area contributed by atoms with Crippen LogP contribution in [0.3, 0.4) is 0 Å². The predicted molar refractivity (Wildman–Crippen MR) is 85.4 cm³/mol. The quantitative estimate of drug-likeness (QED) is 0.890. The maximum absolute atomic E-state index is 11.6. The third-order valence-electron chi connectivity index (χ3n) is 3.96. The number of hydrogen-bond donors (Lipinski definition) is 2. The van der Waals surface area contributed by atoms with Gasteiger partial charge in [-0.25, -0.2) is 0 Å². The molecule has 0 spiro atoms. The average Bonchev–Trinajstić information content (AvgIpc) is 3.03. The van der Waals surface area contributed by atoms with Crippen LogP contribution >= 0.6 is 0 Å². The van der Waals surface area contributed by atoms with Crippen LogP contribution in [0.2, 0.25) is 0 Å². The smallest absolute Gasteiger partial charge is 0.310 e. The lowest BCUT2D eigenvalue weighted by atomic mass is 9.90. The standard InChI is InChI=1S/C18H17NO4/c20-14-8-6-13(7-9-14)16-11-17(23-19-16)15(18(21)22)10-12-4-2-1-3-5-12/h1-9,15,17,20H,10-11H2,(H,21,22). The zero-order chi connectivity index (χ0) is 16.2. The molecule has 5 nitrogen and oxygen atoms in total. The molecule has 0 fully saturated rings. The Morgan fingerprint density at radius 2 is 1.87 bits per heavy atom. The summed E-state index contributed by atoms with van der Waals surface area (Å²) in [7, 11) is 0. The molecular weight excluding hydrogens is 294 g/mol. The van der Waals surface area contributed by atoms with Crippen molar-refractivity contribution in [3.05, 3.63) is 65.7 Å². The molecule has 2 aromatic rings. The molecular formula is C18H17NO4. The Hall–Kier alpha value is -2.82. The molecule has 1 aliphatic heterocycles. The molecule has 0 aromatic heterocycles. The van der Waals surface area contributed by atoms with Gasteiger partial charge >= 0.3 is 5.97 Å². The van der Waals surface area contributed by atoms with Crippen LogP contribution in [0.4, 0.5) is 0 Å². The number of carboxylic acid groups (broad SMARTS) is 1. The first kappa shape index (κ1) is 15.1. The topological polar surface area (TPSA) is 79.1 Å². The first-order chi connectivity index (χ1) is 11.1. The van der Waals surface area contributed by atoms with Crippen molar-refractivity contribution in [3.8, 4) is 5.75 Å². The molecule has 2 aromatic carbocycles. The Balaban J connectivity index is 1.71. The molecule has 0 amide bonds. The number of carboxylic acids is 1. The second-order valence-corrected chi connectivity index (χ2v) is 5.57. The molecule has 3 rings (SSSR count). The third kappa shape index (κ3) is 3.51. The summed E-state index contributed by atoms with van der Waals surface area (Å²) in [5.41, 5.74) is 2.49. The van der Waals surface area contributed by atoms with Gasteiger partial charge in [-0.1, -0.05) is 35.5 Å². The lowest BCUT2D eigenvalue weighted by Crippen LogP contribution is -2.30. The number of oxime groups is 1. The summed E-state index contributed by atoms with van der Waals surface area (Å²) < 4.78 is 0. The monoisotopic (exact) mass is 311 g/mol. The molecule has 2 unspecified atom stereocenters. The summed E-state index contributed by atoms with van der Waals surface area (Å²) in [6, 6.07) is 16.1. The zero-order valence-electron chi connectivity index (χ0n) is 12.4. The maximum atomic E-state index is 11.6. The van der Waals surface area contributed by atoms with Gasteiger partial charge in [-0.2, -0.15) is 0 Å². The van der Waals surface area contributed by atoms with Crippen LogP contribution in [-0.2, 0) is 16.1 Å². The van der Waals surface area contributed by atoms with Crippen LogP contribution in [0.1, 0.15) is 17.5 Å². The van der Waals surface area contributed by atoms with Crippen molar-refractivity contribution in [1.29, 1.82) is 0 Å². The predicted octanol–water partition coefficient (Wildman–Crippen LogP) is 2.83. The van der Waals surface area contributed by atoms with E-state index >= 15 is 0 Å². The van der Waals surface area contributed by atoms with E-state index in [1.165, 1.54) is 0 Å². The second kappa shape index (κ2) is 6.52. The Kier molecular flexibility index (Phi) is 4.28. The molecule has 0 saturated heterocycles. The van der Waals surface area contributed by atoms with Crippen molar-refractivity contribution in [1.82, 2.24) is 0 Å². The number of aliphatic carboxylic acids is 1. The van der Waals surface area contributed by atoms with Gasteiger partial charge in [0, 0.05) is 6.42 Å². The van der Waals surface area contributed by atoms with E-state index in [-0.39, 0.29) is 5.75 Å². The Morgan fingerprint density at radius 3 is 2.52 bits per heavy atom. The van der Waals surface area contributed by atoms with E-state index in [1.807, 2.05) is 30.3 Å². The highest BCUT2D eigenvalue weighted by atomic mass is 16.6. The van der Waals surface area contributed by atoms with Crippen molar-refractivity contribution >= 4 is 11.7 Å². The van der Waals surface area contributed by atoms with E-state index in [9.17, 15) is 15.0 Å². The number of phenols is 1. The summed E-state index contributed by atoms with van der Waals surface area (Å²) >= 11 is 0. The van der Waals surface area contributed by atoms with Crippen molar-refractivity contribution < 1.29 is 19.8 Å². The van der Waals surface area contributed by atoms with Crippen LogP contribution in [0.15, 0.2) is 59.8 Å². The molecule has 1 heterocycles. The summed E-state index contributed by atoms with van der Waals surface area (Å²) in [5, 5.41) is 22.9. The van der Waals surface area contributed by atoms with Gasteiger partial charge < -0.3 is 15.1 Å². The van der Waals surface area contributed by atoms with Gasteiger partial charge in [0.1, 0.15) is 17.8 Å². The minimum atomic E-state index is -0.888. The molecule has 0 saturated carbocycles. The number of phenolic OH excluding ortho intramolecular Hbond substituents is 1. The molecule has 0 radical (unpaired) electrons. The van der Waals surface area contributed by atoms with E-state index in [0.717, 1.165) is 11.1 Å². The first-order valence-electron chi connectivity index (χ1n) is 7.42. The lowest BCUT2D eigenvalue weighted by Gasteiger charge is -2.17. The highest BCUT2D eigenvalue weighted by molar-refractivity contribution is 6.01. The summed E-state index contributed by atoms with van der Waals surface area (Å²) in [6.45, 7) is 0. The molecule has 118 valence electrons. The van der Waals surface area contributed by atoms with Gasteiger partial charge in [0.05, 0.1) is 5.71 Å². The minimum Gasteiger partial charge on any atom is -0.508 e. The lowest BCUT2D eigenvalue weighted by molar-refractivity contribution is -0.146. The van der Waals surface area contributed by atoms with E-state index in [0.29, 0.717) is 18.6 Å². The molecule has 1 aliphatic rings.